The first-order chi connectivity index (χ1) is 13.6. The van der Waals surface area contributed by atoms with Crippen molar-refractivity contribution in [2.75, 3.05) is 32.5 Å². The molecule has 4 rings (SSSR count). The average Bonchev–Trinajstić information content (AvgIpc) is 3.19. The van der Waals surface area contributed by atoms with E-state index in [-0.39, 0.29) is 0 Å². The van der Waals surface area contributed by atoms with E-state index in [1.165, 1.54) is 24.5 Å². The van der Waals surface area contributed by atoms with Gasteiger partial charge in [0.2, 0.25) is 0 Å². The second-order valence-electron chi connectivity index (χ2n) is 8.02. The van der Waals surface area contributed by atoms with Crippen molar-refractivity contribution in [3.8, 4) is 17.0 Å². The highest BCUT2D eigenvalue weighted by atomic mass is 32.2. The fraction of sp³-hybridized carbons (Fsp3) is 0.542. The molecule has 1 aliphatic heterocycles. The number of ether oxygens (including phenoxy) is 1. The number of aromatic nitrogens is 1. The van der Waals surface area contributed by atoms with E-state index in [0.29, 0.717) is 0 Å². The Hall–Kier alpha value is -1.52. The second-order valence-corrected chi connectivity index (χ2v) is 8.90. The molecule has 0 N–H and O–H groups in total. The molecule has 2 heterocycles. The van der Waals surface area contributed by atoms with Crippen molar-refractivity contribution in [2.24, 2.45) is 23.7 Å². The third-order valence-electron chi connectivity index (χ3n) is 5.63. The van der Waals surface area contributed by atoms with Crippen LogP contribution in [0, 0.1) is 23.7 Å². The Bertz CT molecular complexity index is 717. The van der Waals surface area contributed by atoms with Crippen LogP contribution in [0.25, 0.3) is 11.3 Å². The summed E-state index contributed by atoms with van der Waals surface area (Å²) in [5, 5.41) is 0. The van der Waals surface area contributed by atoms with E-state index in [1.54, 1.807) is 11.8 Å². The summed E-state index contributed by atoms with van der Waals surface area (Å²) in [6.07, 6.45) is 3.95. The number of hydrogen-bond donors (Lipinski definition) is 0. The lowest BCUT2D eigenvalue weighted by Crippen LogP contribution is -2.29. The number of nitrogens with zero attached hydrogens (tertiary/aromatic N) is 2. The van der Waals surface area contributed by atoms with Crippen molar-refractivity contribution in [3.63, 3.8) is 0 Å². The average molecular weight is 399 g/mol. The van der Waals surface area contributed by atoms with E-state index in [4.69, 9.17) is 4.74 Å². The molecule has 152 valence electrons. The molecule has 2 fully saturated rings. The summed E-state index contributed by atoms with van der Waals surface area (Å²) in [6.45, 7) is 13.2. The Morgan fingerprint density at radius 3 is 2.29 bits per heavy atom. The molecule has 4 heteroatoms. The number of fused-ring (bicyclic) bond motifs is 1. The second kappa shape index (κ2) is 9.80. The van der Waals surface area contributed by atoms with Gasteiger partial charge < -0.3 is 9.64 Å². The number of thioether (sulfide) groups is 1. The quantitative estimate of drug-likeness (QED) is 0.558. The zero-order chi connectivity index (χ0) is 20.1. The maximum atomic E-state index is 6.03. The number of piperidine rings is 1. The number of hydrogen-bond acceptors (Lipinski definition) is 4. The molecule has 3 nitrogen and oxygen atoms in total. The maximum absolute atomic E-state index is 6.03. The summed E-state index contributed by atoms with van der Waals surface area (Å²) in [5.41, 5.74) is 2.15. The molecule has 2 aromatic rings. The van der Waals surface area contributed by atoms with Gasteiger partial charge in [-0.15, -0.1) is 11.8 Å². The third kappa shape index (κ3) is 5.09. The molecule has 1 saturated carbocycles. The summed E-state index contributed by atoms with van der Waals surface area (Å²) in [6, 6.07) is 12.6. The van der Waals surface area contributed by atoms with E-state index in [1.807, 2.05) is 26.1 Å². The Morgan fingerprint density at radius 1 is 1.07 bits per heavy atom. The Balaban J connectivity index is 0.00000109. The first kappa shape index (κ1) is 21.2. The van der Waals surface area contributed by atoms with E-state index in [2.05, 4.69) is 60.3 Å². The zero-order valence-electron chi connectivity index (χ0n) is 17.9. The number of pyridine rings is 1. The third-order valence-corrected chi connectivity index (χ3v) is 6.38. The number of rotatable bonds is 7. The fourth-order valence-corrected chi connectivity index (χ4v) is 4.65. The van der Waals surface area contributed by atoms with Gasteiger partial charge in [-0.25, -0.2) is 0 Å². The van der Waals surface area contributed by atoms with Crippen LogP contribution in [0.3, 0.4) is 0 Å². The summed E-state index contributed by atoms with van der Waals surface area (Å²) < 4.78 is 6.03. The highest BCUT2D eigenvalue weighted by Crippen LogP contribution is 2.51. The molecule has 0 bridgehead atoms. The molecule has 0 spiro atoms. The molecule has 1 aliphatic carbocycles. The number of benzene rings is 1. The van der Waals surface area contributed by atoms with E-state index in [0.717, 1.165) is 47.3 Å². The van der Waals surface area contributed by atoms with Crippen LogP contribution in [0.2, 0.25) is 0 Å². The SMILES string of the molecule is CC.CSc1ccc(-c2ccc(OCC3C4CN(CC(C)C)CC34)cn2)cc1. The van der Waals surface area contributed by atoms with E-state index in [9.17, 15) is 0 Å². The summed E-state index contributed by atoms with van der Waals surface area (Å²) in [7, 11) is 0. The molecule has 2 aliphatic rings. The molecular weight excluding hydrogens is 364 g/mol. The normalized spacial score (nSPS) is 23.1. The summed E-state index contributed by atoms with van der Waals surface area (Å²) in [4.78, 5) is 8.47. The summed E-state index contributed by atoms with van der Waals surface area (Å²) >= 11 is 1.76. The molecular formula is C24H34N2OS. The maximum Gasteiger partial charge on any atom is 0.137 e. The van der Waals surface area contributed by atoms with Crippen LogP contribution >= 0.6 is 11.8 Å². The van der Waals surface area contributed by atoms with Crippen molar-refractivity contribution < 1.29 is 4.74 Å². The van der Waals surface area contributed by atoms with Crippen molar-refractivity contribution >= 4 is 11.8 Å². The molecule has 2 unspecified atom stereocenters. The lowest BCUT2D eigenvalue weighted by Gasteiger charge is -2.21. The zero-order valence-corrected chi connectivity index (χ0v) is 18.7. The van der Waals surface area contributed by atoms with Gasteiger partial charge in [0.05, 0.1) is 18.5 Å². The Kier molecular flexibility index (Phi) is 7.42. The Morgan fingerprint density at radius 2 is 1.75 bits per heavy atom. The van der Waals surface area contributed by atoms with Crippen LogP contribution in [0.1, 0.15) is 27.7 Å². The number of likely N-dealkylation sites (tertiary alicyclic amines) is 1. The van der Waals surface area contributed by atoms with Crippen LogP contribution in [0.15, 0.2) is 47.5 Å². The van der Waals surface area contributed by atoms with Gasteiger partial charge in [-0.2, -0.15) is 0 Å². The van der Waals surface area contributed by atoms with Gasteiger partial charge in [0.25, 0.3) is 0 Å². The molecule has 1 aromatic heterocycles. The van der Waals surface area contributed by atoms with Crippen LogP contribution < -0.4 is 4.74 Å². The van der Waals surface area contributed by atoms with E-state index >= 15 is 0 Å². The van der Waals surface area contributed by atoms with Crippen molar-refractivity contribution in [1.29, 1.82) is 0 Å². The monoisotopic (exact) mass is 398 g/mol. The lowest BCUT2D eigenvalue weighted by atomic mass is 10.1. The van der Waals surface area contributed by atoms with Gasteiger partial charge in [0, 0.05) is 36.0 Å². The van der Waals surface area contributed by atoms with Crippen LogP contribution in [-0.2, 0) is 0 Å². The predicted molar refractivity (Wildman–Crippen MR) is 120 cm³/mol. The van der Waals surface area contributed by atoms with Crippen LogP contribution in [-0.4, -0.2) is 42.4 Å². The van der Waals surface area contributed by atoms with Crippen molar-refractivity contribution in [2.45, 2.75) is 32.6 Å². The molecule has 2 atom stereocenters. The lowest BCUT2D eigenvalue weighted by molar-refractivity contribution is 0.220. The molecule has 28 heavy (non-hydrogen) atoms. The minimum atomic E-state index is 0.747. The summed E-state index contributed by atoms with van der Waals surface area (Å²) in [5.74, 6) is 4.12. The smallest absolute Gasteiger partial charge is 0.137 e. The fourth-order valence-electron chi connectivity index (χ4n) is 4.24. The highest BCUT2D eigenvalue weighted by molar-refractivity contribution is 7.98. The first-order valence-electron chi connectivity index (χ1n) is 10.6. The van der Waals surface area contributed by atoms with E-state index < -0.39 is 0 Å². The van der Waals surface area contributed by atoms with Gasteiger partial charge in [-0.3, -0.25) is 4.98 Å². The van der Waals surface area contributed by atoms with Crippen LogP contribution in [0.4, 0.5) is 0 Å². The standard InChI is InChI=1S/C22H28N2OS.C2H6/c1-15(2)11-24-12-19-20(13-24)21(19)14-25-17-6-9-22(23-10-17)16-4-7-18(26-3)8-5-16;1-2/h4-10,15,19-21H,11-14H2,1-3H3;1-2H3. The Labute approximate surface area is 174 Å². The van der Waals surface area contributed by atoms with Crippen LogP contribution in [0.5, 0.6) is 5.75 Å². The van der Waals surface area contributed by atoms with Gasteiger partial charge in [-0.05, 0) is 48.3 Å². The topological polar surface area (TPSA) is 25.4 Å². The van der Waals surface area contributed by atoms with Crippen molar-refractivity contribution in [1.82, 2.24) is 9.88 Å². The molecule has 1 saturated heterocycles. The minimum Gasteiger partial charge on any atom is -0.492 e. The predicted octanol–water partition coefficient (Wildman–Crippen LogP) is 5.71. The highest BCUT2D eigenvalue weighted by Gasteiger charge is 2.55. The largest absolute Gasteiger partial charge is 0.492 e. The molecule has 0 amide bonds. The van der Waals surface area contributed by atoms with Gasteiger partial charge >= 0.3 is 0 Å². The minimum absolute atomic E-state index is 0.747. The molecule has 0 radical (unpaired) electrons. The van der Waals surface area contributed by atoms with Crippen molar-refractivity contribution in [3.05, 3.63) is 42.6 Å². The first-order valence-corrected chi connectivity index (χ1v) is 11.8. The van der Waals surface area contributed by atoms with Gasteiger partial charge in [0.1, 0.15) is 5.75 Å². The molecule has 1 aromatic carbocycles. The van der Waals surface area contributed by atoms with Gasteiger partial charge in [-0.1, -0.05) is 39.8 Å². The van der Waals surface area contributed by atoms with Gasteiger partial charge in [0.15, 0.2) is 0 Å².